The Labute approximate surface area is 146 Å². The van der Waals surface area contributed by atoms with Crippen LogP contribution in [0.2, 0.25) is 15.1 Å². The van der Waals surface area contributed by atoms with E-state index in [0.29, 0.717) is 10.7 Å². The van der Waals surface area contributed by atoms with Crippen LogP contribution in [-0.2, 0) is 4.79 Å². The quantitative estimate of drug-likeness (QED) is 0.613. The second-order valence-corrected chi connectivity index (χ2v) is 5.53. The Morgan fingerprint density at radius 2 is 1.96 bits per heavy atom. The Balaban J connectivity index is 2.05. The van der Waals surface area contributed by atoms with Gasteiger partial charge in [0.1, 0.15) is 0 Å². The second-order valence-electron chi connectivity index (χ2n) is 4.31. The molecule has 0 saturated carbocycles. The maximum absolute atomic E-state index is 11.9. The molecule has 0 radical (unpaired) electrons. The molecule has 0 saturated heterocycles. The zero-order chi connectivity index (χ0) is 17.0. The van der Waals surface area contributed by atoms with Crippen molar-refractivity contribution in [2.24, 2.45) is 0 Å². The Morgan fingerprint density at radius 3 is 2.65 bits per heavy atom. The lowest BCUT2D eigenvalue weighted by Crippen LogP contribution is -2.20. The maximum atomic E-state index is 11.9. The molecule has 2 aromatic carbocycles. The molecule has 0 bridgehead atoms. The molecule has 120 valence electrons. The lowest BCUT2D eigenvalue weighted by Gasteiger charge is -2.09. The van der Waals surface area contributed by atoms with E-state index in [0.717, 1.165) is 6.07 Å². The molecule has 0 aromatic heterocycles. The van der Waals surface area contributed by atoms with Crippen LogP contribution in [0, 0.1) is 10.1 Å². The van der Waals surface area contributed by atoms with Gasteiger partial charge in [-0.25, -0.2) is 0 Å². The number of carbonyl (C=O) groups is 1. The van der Waals surface area contributed by atoms with Crippen LogP contribution < -0.4 is 10.1 Å². The highest BCUT2D eigenvalue weighted by molar-refractivity contribution is 6.44. The van der Waals surface area contributed by atoms with E-state index in [1.165, 1.54) is 12.1 Å². The van der Waals surface area contributed by atoms with Gasteiger partial charge < -0.3 is 10.1 Å². The van der Waals surface area contributed by atoms with E-state index in [4.69, 9.17) is 39.5 Å². The molecule has 23 heavy (non-hydrogen) atoms. The van der Waals surface area contributed by atoms with Gasteiger partial charge in [-0.05, 0) is 24.3 Å². The van der Waals surface area contributed by atoms with Gasteiger partial charge in [-0.15, -0.1) is 0 Å². The van der Waals surface area contributed by atoms with Crippen LogP contribution in [0.5, 0.6) is 5.75 Å². The molecule has 0 spiro atoms. The van der Waals surface area contributed by atoms with Crippen molar-refractivity contribution in [1.29, 1.82) is 0 Å². The smallest absolute Gasteiger partial charge is 0.312 e. The number of nitro benzene ring substituents is 1. The van der Waals surface area contributed by atoms with Crippen LogP contribution in [0.4, 0.5) is 11.4 Å². The van der Waals surface area contributed by atoms with Crippen molar-refractivity contribution in [3.8, 4) is 5.75 Å². The van der Waals surface area contributed by atoms with Gasteiger partial charge in [0.2, 0.25) is 0 Å². The average Bonchev–Trinajstić information content (AvgIpc) is 2.50. The number of rotatable bonds is 5. The Bertz CT molecular complexity index is 768. The second kappa shape index (κ2) is 7.50. The van der Waals surface area contributed by atoms with Gasteiger partial charge in [-0.2, -0.15) is 0 Å². The summed E-state index contributed by atoms with van der Waals surface area (Å²) in [6, 6.07) is 8.65. The van der Waals surface area contributed by atoms with Gasteiger partial charge in [0.15, 0.2) is 12.4 Å². The number of nitrogens with zero attached hydrogens (tertiary/aromatic N) is 1. The standard InChI is InChI=1S/C14H9Cl3N2O4/c15-8-4-5-12(11(6-8)19(21)22)23-7-13(20)18-10-3-1-2-9(16)14(10)17/h1-6H,7H2,(H,18,20). The molecular weight excluding hydrogens is 367 g/mol. The molecule has 9 heteroatoms. The van der Waals surface area contributed by atoms with Crippen molar-refractivity contribution in [2.75, 3.05) is 11.9 Å². The van der Waals surface area contributed by atoms with Gasteiger partial charge >= 0.3 is 5.69 Å². The molecule has 6 nitrogen and oxygen atoms in total. The van der Waals surface area contributed by atoms with E-state index in [1.807, 2.05) is 0 Å². The van der Waals surface area contributed by atoms with Gasteiger partial charge in [-0.3, -0.25) is 14.9 Å². The molecule has 0 heterocycles. The predicted octanol–water partition coefficient (Wildman–Crippen LogP) is 4.57. The van der Waals surface area contributed by atoms with Crippen molar-refractivity contribution in [3.05, 3.63) is 61.6 Å². The minimum absolute atomic E-state index is 0.0632. The van der Waals surface area contributed by atoms with Crippen LogP contribution in [-0.4, -0.2) is 17.4 Å². The number of amides is 1. The normalized spacial score (nSPS) is 10.2. The van der Waals surface area contributed by atoms with Crippen LogP contribution in [0.1, 0.15) is 0 Å². The zero-order valence-corrected chi connectivity index (χ0v) is 13.7. The van der Waals surface area contributed by atoms with Gasteiger partial charge in [0.05, 0.1) is 20.7 Å². The first-order valence-electron chi connectivity index (χ1n) is 6.19. The highest BCUT2D eigenvalue weighted by Gasteiger charge is 2.17. The van der Waals surface area contributed by atoms with Gasteiger partial charge in [0, 0.05) is 11.1 Å². The highest BCUT2D eigenvalue weighted by atomic mass is 35.5. The number of ether oxygens (including phenoxy) is 1. The first-order chi connectivity index (χ1) is 10.9. The van der Waals surface area contributed by atoms with E-state index >= 15 is 0 Å². The van der Waals surface area contributed by atoms with E-state index in [-0.39, 0.29) is 21.5 Å². The van der Waals surface area contributed by atoms with E-state index in [1.54, 1.807) is 18.2 Å². The van der Waals surface area contributed by atoms with Crippen molar-refractivity contribution in [2.45, 2.75) is 0 Å². The summed E-state index contributed by atoms with van der Waals surface area (Å²) in [6.07, 6.45) is 0. The summed E-state index contributed by atoms with van der Waals surface area (Å²) in [5.41, 5.74) is -0.00976. The molecule has 0 aliphatic heterocycles. The summed E-state index contributed by atoms with van der Waals surface area (Å²) in [5.74, 6) is -0.606. The fraction of sp³-hybridized carbons (Fsp3) is 0.0714. The van der Waals surface area contributed by atoms with Crippen molar-refractivity contribution >= 4 is 52.1 Å². The van der Waals surface area contributed by atoms with Crippen LogP contribution >= 0.6 is 34.8 Å². The summed E-state index contributed by atoms with van der Waals surface area (Å²) in [4.78, 5) is 22.1. The molecule has 1 amide bonds. The summed E-state index contributed by atoms with van der Waals surface area (Å²) < 4.78 is 5.17. The predicted molar refractivity (Wildman–Crippen MR) is 88.7 cm³/mol. The molecule has 2 aromatic rings. The minimum Gasteiger partial charge on any atom is -0.477 e. The lowest BCUT2D eigenvalue weighted by molar-refractivity contribution is -0.385. The molecule has 0 fully saturated rings. The number of halogens is 3. The van der Waals surface area contributed by atoms with Crippen LogP contribution in [0.25, 0.3) is 0 Å². The zero-order valence-electron chi connectivity index (χ0n) is 11.4. The third kappa shape index (κ3) is 4.48. The Kier molecular flexibility index (Phi) is 5.65. The number of hydrogen-bond acceptors (Lipinski definition) is 4. The maximum Gasteiger partial charge on any atom is 0.312 e. The van der Waals surface area contributed by atoms with Crippen molar-refractivity contribution in [3.63, 3.8) is 0 Å². The van der Waals surface area contributed by atoms with Crippen LogP contribution in [0.15, 0.2) is 36.4 Å². The number of benzene rings is 2. The van der Waals surface area contributed by atoms with E-state index < -0.39 is 17.4 Å². The summed E-state index contributed by atoms with van der Waals surface area (Å²) in [6.45, 7) is -0.439. The largest absolute Gasteiger partial charge is 0.477 e. The van der Waals surface area contributed by atoms with Gasteiger partial charge in [0.25, 0.3) is 5.91 Å². The Hall–Kier alpha value is -2.02. The number of hydrogen-bond donors (Lipinski definition) is 1. The molecular formula is C14H9Cl3N2O4. The van der Waals surface area contributed by atoms with E-state index in [2.05, 4.69) is 5.32 Å². The number of nitro groups is 1. The highest BCUT2D eigenvalue weighted by Crippen LogP contribution is 2.31. The summed E-state index contributed by atoms with van der Waals surface area (Å²) in [5, 5.41) is 14.1. The van der Waals surface area contributed by atoms with Crippen molar-refractivity contribution < 1.29 is 14.5 Å². The van der Waals surface area contributed by atoms with Crippen LogP contribution in [0.3, 0.4) is 0 Å². The first-order valence-corrected chi connectivity index (χ1v) is 7.32. The minimum atomic E-state index is -0.646. The molecule has 2 rings (SSSR count). The molecule has 0 aliphatic carbocycles. The van der Waals surface area contributed by atoms with E-state index in [9.17, 15) is 14.9 Å². The fourth-order valence-electron chi connectivity index (χ4n) is 1.69. The lowest BCUT2D eigenvalue weighted by atomic mass is 10.3. The average molecular weight is 376 g/mol. The molecule has 0 aliphatic rings. The molecule has 1 N–H and O–H groups in total. The third-order valence-corrected chi connectivity index (χ3v) is 3.76. The number of anilines is 1. The SMILES string of the molecule is O=C(COc1ccc(Cl)cc1[N+](=O)[O-])Nc1cccc(Cl)c1Cl. The molecule has 0 atom stereocenters. The summed E-state index contributed by atoms with van der Waals surface area (Å²) in [7, 11) is 0. The fourth-order valence-corrected chi connectivity index (χ4v) is 2.20. The third-order valence-electron chi connectivity index (χ3n) is 2.70. The van der Waals surface area contributed by atoms with Gasteiger partial charge in [-0.1, -0.05) is 40.9 Å². The molecule has 0 unspecified atom stereocenters. The number of carbonyl (C=O) groups excluding carboxylic acids is 1. The number of nitrogens with one attached hydrogen (secondary N) is 1. The monoisotopic (exact) mass is 374 g/mol. The first kappa shape index (κ1) is 17.3. The topological polar surface area (TPSA) is 81.5 Å². The summed E-state index contributed by atoms with van der Waals surface area (Å²) >= 11 is 17.5. The Morgan fingerprint density at radius 1 is 1.22 bits per heavy atom. The van der Waals surface area contributed by atoms with Crippen molar-refractivity contribution in [1.82, 2.24) is 0 Å².